The van der Waals surface area contributed by atoms with Gasteiger partial charge in [-0.3, -0.25) is 9.10 Å². The van der Waals surface area contributed by atoms with Crippen molar-refractivity contribution < 1.29 is 22.3 Å². The first-order chi connectivity index (χ1) is 15.3. The maximum absolute atomic E-state index is 13.3. The Bertz CT molecular complexity index is 1210. The number of rotatable bonds is 6. The Labute approximate surface area is 186 Å². The van der Waals surface area contributed by atoms with Crippen molar-refractivity contribution in [3.8, 4) is 5.75 Å². The number of nitrogens with one attached hydrogen (secondary N) is 1. The molecule has 3 aromatic carbocycles. The van der Waals surface area contributed by atoms with Crippen molar-refractivity contribution in [3.63, 3.8) is 0 Å². The molecule has 0 aromatic heterocycles. The molecule has 0 spiro atoms. The van der Waals surface area contributed by atoms with E-state index in [2.05, 4.69) is 5.32 Å². The summed E-state index contributed by atoms with van der Waals surface area (Å²) in [7, 11) is -3.88. The highest BCUT2D eigenvalue weighted by Crippen LogP contribution is 2.37. The van der Waals surface area contributed by atoms with Crippen molar-refractivity contribution in [2.75, 3.05) is 17.4 Å². The Morgan fingerprint density at radius 1 is 1.09 bits per heavy atom. The summed E-state index contributed by atoms with van der Waals surface area (Å²) in [6.45, 7) is 2.04. The third-order valence-corrected chi connectivity index (χ3v) is 7.03. The summed E-state index contributed by atoms with van der Waals surface area (Å²) in [5.74, 6) is -0.385. The number of carbonyl (C=O) groups excluding carboxylic acids is 1. The molecule has 4 rings (SSSR count). The SMILES string of the molecule is Cc1ccc2c(c1)O[C@H](C(=O)NCCc1ccc(F)cc1)CN2S(=O)(=O)c1ccccc1. The molecule has 0 unspecified atom stereocenters. The fraction of sp³-hybridized carbons (Fsp3) is 0.208. The van der Waals surface area contributed by atoms with Gasteiger partial charge in [-0.25, -0.2) is 12.8 Å². The molecule has 0 fully saturated rings. The maximum Gasteiger partial charge on any atom is 0.264 e. The standard InChI is InChI=1S/C24H23FN2O4S/c1-17-7-12-21-22(15-17)31-23(16-27(21)32(29,30)20-5-3-2-4-6-20)24(28)26-14-13-18-8-10-19(25)11-9-18/h2-12,15,23H,13-14,16H2,1H3,(H,26,28)/t23-/m0/s1. The molecule has 166 valence electrons. The van der Waals surface area contributed by atoms with Crippen LogP contribution in [0.5, 0.6) is 5.75 Å². The number of aryl methyl sites for hydroxylation is 1. The number of ether oxygens (including phenoxy) is 1. The van der Waals surface area contributed by atoms with Crippen molar-refractivity contribution in [1.82, 2.24) is 5.32 Å². The van der Waals surface area contributed by atoms with E-state index in [9.17, 15) is 17.6 Å². The van der Waals surface area contributed by atoms with Crippen LogP contribution in [0.15, 0.2) is 77.7 Å². The summed E-state index contributed by atoms with van der Waals surface area (Å²) in [5, 5.41) is 2.79. The number of carbonyl (C=O) groups is 1. The number of hydrogen-bond acceptors (Lipinski definition) is 4. The van der Waals surface area contributed by atoms with Gasteiger partial charge in [0.1, 0.15) is 11.6 Å². The van der Waals surface area contributed by atoms with Gasteiger partial charge in [-0.05, 0) is 60.9 Å². The van der Waals surface area contributed by atoms with Crippen molar-refractivity contribution in [1.29, 1.82) is 0 Å². The van der Waals surface area contributed by atoms with E-state index < -0.39 is 22.0 Å². The van der Waals surface area contributed by atoms with Gasteiger partial charge in [0.15, 0.2) is 6.10 Å². The van der Waals surface area contributed by atoms with Crippen LogP contribution in [-0.4, -0.2) is 33.5 Å². The lowest BCUT2D eigenvalue weighted by atomic mass is 10.1. The molecule has 8 heteroatoms. The molecular formula is C24H23FN2O4S. The predicted octanol–water partition coefficient (Wildman–Crippen LogP) is 3.45. The quantitative estimate of drug-likeness (QED) is 0.619. The molecule has 1 heterocycles. The molecule has 0 saturated carbocycles. The fourth-order valence-corrected chi connectivity index (χ4v) is 5.04. The zero-order valence-corrected chi connectivity index (χ0v) is 18.3. The lowest BCUT2D eigenvalue weighted by Crippen LogP contribution is -2.51. The smallest absolute Gasteiger partial charge is 0.264 e. The number of anilines is 1. The van der Waals surface area contributed by atoms with Gasteiger partial charge in [0.25, 0.3) is 15.9 Å². The van der Waals surface area contributed by atoms with Gasteiger partial charge in [-0.2, -0.15) is 0 Å². The average molecular weight is 455 g/mol. The highest BCUT2D eigenvalue weighted by molar-refractivity contribution is 7.92. The Morgan fingerprint density at radius 3 is 2.53 bits per heavy atom. The van der Waals surface area contributed by atoms with Crippen LogP contribution in [0.2, 0.25) is 0 Å². The van der Waals surface area contributed by atoms with E-state index in [1.165, 1.54) is 28.6 Å². The van der Waals surface area contributed by atoms with E-state index in [-0.39, 0.29) is 17.3 Å². The average Bonchev–Trinajstić information content (AvgIpc) is 2.80. The van der Waals surface area contributed by atoms with E-state index in [0.29, 0.717) is 24.4 Å². The molecule has 6 nitrogen and oxygen atoms in total. The Hall–Kier alpha value is -3.39. The number of hydrogen-bond donors (Lipinski definition) is 1. The summed E-state index contributed by atoms with van der Waals surface area (Å²) in [5.41, 5.74) is 2.17. The number of halogens is 1. The van der Waals surface area contributed by atoms with Crippen LogP contribution in [0.4, 0.5) is 10.1 Å². The van der Waals surface area contributed by atoms with Crippen molar-refractivity contribution in [3.05, 3.63) is 89.7 Å². The van der Waals surface area contributed by atoms with E-state index in [1.807, 2.05) is 6.92 Å². The molecule has 0 saturated heterocycles. The van der Waals surface area contributed by atoms with E-state index in [1.54, 1.807) is 48.5 Å². The summed E-state index contributed by atoms with van der Waals surface area (Å²) < 4.78 is 46.8. The molecule has 0 aliphatic carbocycles. The van der Waals surface area contributed by atoms with E-state index in [4.69, 9.17) is 4.74 Å². The minimum Gasteiger partial charge on any atom is -0.476 e. The fourth-order valence-electron chi connectivity index (χ4n) is 3.54. The zero-order valence-electron chi connectivity index (χ0n) is 17.5. The Kier molecular flexibility index (Phi) is 6.14. The number of fused-ring (bicyclic) bond motifs is 1. The Balaban J connectivity index is 1.54. The van der Waals surface area contributed by atoms with Gasteiger partial charge in [-0.15, -0.1) is 0 Å². The third-order valence-electron chi connectivity index (χ3n) is 5.23. The highest BCUT2D eigenvalue weighted by Gasteiger charge is 2.37. The van der Waals surface area contributed by atoms with Crippen molar-refractivity contribution >= 4 is 21.6 Å². The lowest BCUT2D eigenvalue weighted by Gasteiger charge is -2.35. The summed E-state index contributed by atoms with van der Waals surface area (Å²) in [6.07, 6.45) is -0.489. The van der Waals surface area contributed by atoms with Crippen molar-refractivity contribution in [2.24, 2.45) is 0 Å². The monoisotopic (exact) mass is 454 g/mol. The maximum atomic E-state index is 13.3. The van der Waals surface area contributed by atoms with Gasteiger partial charge in [0.2, 0.25) is 0 Å². The number of amides is 1. The van der Waals surface area contributed by atoms with Gasteiger partial charge in [0.05, 0.1) is 17.1 Å². The normalized spacial score (nSPS) is 15.6. The first kappa shape index (κ1) is 21.8. The lowest BCUT2D eigenvalue weighted by molar-refractivity contribution is -0.127. The molecular weight excluding hydrogens is 431 g/mol. The highest BCUT2D eigenvalue weighted by atomic mass is 32.2. The molecule has 1 amide bonds. The zero-order chi connectivity index (χ0) is 22.7. The van der Waals surface area contributed by atoms with Crippen LogP contribution < -0.4 is 14.4 Å². The second-order valence-corrected chi connectivity index (χ2v) is 9.46. The van der Waals surface area contributed by atoms with Crippen LogP contribution in [0.25, 0.3) is 0 Å². The topological polar surface area (TPSA) is 75.7 Å². The van der Waals surface area contributed by atoms with E-state index in [0.717, 1.165) is 11.1 Å². The summed E-state index contributed by atoms with van der Waals surface area (Å²) in [6, 6.07) is 19.4. The molecule has 0 radical (unpaired) electrons. The first-order valence-corrected chi connectivity index (χ1v) is 11.7. The second-order valence-electron chi connectivity index (χ2n) is 7.59. The third kappa shape index (κ3) is 4.60. The molecule has 1 aliphatic heterocycles. The van der Waals surface area contributed by atoms with Crippen LogP contribution >= 0.6 is 0 Å². The number of sulfonamides is 1. The molecule has 32 heavy (non-hydrogen) atoms. The minimum atomic E-state index is -3.88. The molecule has 0 bridgehead atoms. The molecule has 1 N–H and O–H groups in total. The van der Waals surface area contributed by atoms with Crippen LogP contribution in [0.1, 0.15) is 11.1 Å². The molecule has 3 aromatic rings. The van der Waals surface area contributed by atoms with Gasteiger partial charge in [-0.1, -0.05) is 36.4 Å². The van der Waals surface area contributed by atoms with Crippen LogP contribution in [-0.2, 0) is 21.2 Å². The van der Waals surface area contributed by atoms with Crippen LogP contribution in [0, 0.1) is 12.7 Å². The van der Waals surface area contributed by atoms with Gasteiger partial charge >= 0.3 is 0 Å². The summed E-state index contributed by atoms with van der Waals surface area (Å²) in [4.78, 5) is 13.0. The number of nitrogens with zero attached hydrogens (tertiary/aromatic N) is 1. The van der Waals surface area contributed by atoms with E-state index >= 15 is 0 Å². The van der Waals surface area contributed by atoms with Crippen LogP contribution in [0.3, 0.4) is 0 Å². The molecule has 1 aliphatic rings. The summed E-state index contributed by atoms with van der Waals surface area (Å²) >= 11 is 0. The predicted molar refractivity (Wildman–Crippen MR) is 120 cm³/mol. The minimum absolute atomic E-state index is 0.142. The largest absolute Gasteiger partial charge is 0.476 e. The number of benzene rings is 3. The molecule has 1 atom stereocenters. The Morgan fingerprint density at radius 2 is 1.81 bits per heavy atom. The van der Waals surface area contributed by atoms with Gasteiger partial charge in [0, 0.05) is 6.54 Å². The van der Waals surface area contributed by atoms with Crippen molar-refractivity contribution in [2.45, 2.75) is 24.3 Å². The van der Waals surface area contributed by atoms with Gasteiger partial charge < -0.3 is 10.1 Å². The second kappa shape index (κ2) is 9.00. The first-order valence-electron chi connectivity index (χ1n) is 10.2.